The van der Waals surface area contributed by atoms with Crippen molar-refractivity contribution < 1.29 is 27.8 Å². The Kier molecular flexibility index (Phi) is 6.23. The Balaban J connectivity index is 1.49. The van der Waals surface area contributed by atoms with Gasteiger partial charge in [-0.1, -0.05) is 69.7 Å². The number of amides is 1. The van der Waals surface area contributed by atoms with Gasteiger partial charge >= 0.3 is 6.18 Å². The minimum absolute atomic E-state index is 0.127. The maximum Gasteiger partial charge on any atom is 0.439 e. The van der Waals surface area contributed by atoms with Gasteiger partial charge in [-0.3, -0.25) is 4.79 Å². The van der Waals surface area contributed by atoms with Gasteiger partial charge in [0, 0.05) is 11.1 Å². The lowest BCUT2D eigenvalue weighted by atomic mass is 9.75. The summed E-state index contributed by atoms with van der Waals surface area (Å²) in [5.74, 6) is -2.18. The first-order valence-electron chi connectivity index (χ1n) is 11.5. The lowest BCUT2D eigenvalue weighted by Crippen LogP contribution is -2.62. The van der Waals surface area contributed by atoms with Gasteiger partial charge in [-0.15, -0.1) is 0 Å². The second-order valence-corrected chi connectivity index (χ2v) is 9.64. The average Bonchev–Trinajstić information content (AvgIpc) is 3.13. The second-order valence-electron chi connectivity index (χ2n) is 9.64. The molecule has 1 saturated carbocycles. The minimum Gasteiger partial charge on any atom is -0.484 e. The van der Waals surface area contributed by atoms with Crippen LogP contribution in [-0.2, 0) is 10.2 Å². The molecule has 2 aromatic carbocycles. The van der Waals surface area contributed by atoms with Crippen molar-refractivity contribution in [2.24, 2.45) is 16.9 Å². The smallest absolute Gasteiger partial charge is 0.439 e. The summed E-state index contributed by atoms with van der Waals surface area (Å²) in [6.07, 6.45) is -3.70. The Bertz CT molecular complexity index is 1070. The van der Waals surface area contributed by atoms with Gasteiger partial charge in [0.15, 0.2) is 6.61 Å². The van der Waals surface area contributed by atoms with Crippen LogP contribution in [0, 0.1) is 11.8 Å². The molecular weight excluding hydrogens is 445 g/mol. The van der Waals surface area contributed by atoms with Crippen molar-refractivity contribution in [1.82, 2.24) is 5.01 Å². The van der Waals surface area contributed by atoms with E-state index in [4.69, 9.17) is 4.74 Å². The number of benzene rings is 2. The van der Waals surface area contributed by atoms with Crippen LogP contribution in [0.3, 0.4) is 0 Å². The van der Waals surface area contributed by atoms with Crippen LogP contribution in [0.1, 0.15) is 51.2 Å². The fourth-order valence-corrected chi connectivity index (χ4v) is 4.94. The topological polar surface area (TPSA) is 62.1 Å². The van der Waals surface area contributed by atoms with Crippen LogP contribution < -0.4 is 4.74 Å². The molecular formula is C26H29F3N2O3. The molecule has 0 unspecified atom stereocenters. The van der Waals surface area contributed by atoms with Crippen LogP contribution in [0.4, 0.5) is 13.2 Å². The maximum absolute atomic E-state index is 14.0. The summed E-state index contributed by atoms with van der Waals surface area (Å²) < 4.78 is 47.4. The normalized spacial score (nSPS) is 25.0. The Morgan fingerprint density at radius 2 is 1.71 bits per heavy atom. The molecule has 0 spiro atoms. The Labute approximate surface area is 197 Å². The number of hydrazone groups is 1. The van der Waals surface area contributed by atoms with Crippen LogP contribution in [0.5, 0.6) is 5.75 Å². The highest BCUT2D eigenvalue weighted by Gasteiger charge is 2.69. The van der Waals surface area contributed by atoms with E-state index in [1.165, 1.54) is 0 Å². The number of nitrogens with zero attached hydrogens (tertiary/aromatic N) is 2. The fourth-order valence-electron chi connectivity index (χ4n) is 4.94. The summed E-state index contributed by atoms with van der Waals surface area (Å²) in [5, 5.41) is 14.9. The lowest BCUT2D eigenvalue weighted by Gasteiger charge is -2.38. The molecule has 0 aromatic heterocycles. The molecule has 0 radical (unpaired) electrons. The zero-order chi connectivity index (χ0) is 24.7. The average molecular weight is 475 g/mol. The predicted molar refractivity (Wildman–Crippen MR) is 122 cm³/mol. The second kappa shape index (κ2) is 8.73. The Morgan fingerprint density at radius 1 is 1.09 bits per heavy atom. The van der Waals surface area contributed by atoms with Crippen molar-refractivity contribution in [3.63, 3.8) is 0 Å². The zero-order valence-corrected chi connectivity index (χ0v) is 19.5. The number of carbonyl (C=O) groups excluding carboxylic acids is 1. The molecule has 1 N–H and O–H groups in total. The zero-order valence-electron chi connectivity index (χ0n) is 19.5. The van der Waals surface area contributed by atoms with E-state index in [0.717, 1.165) is 11.1 Å². The molecule has 1 aliphatic carbocycles. The van der Waals surface area contributed by atoms with Gasteiger partial charge in [0.1, 0.15) is 5.75 Å². The highest BCUT2D eigenvalue weighted by molar-refractivity contribution is 5.95. The molecule has 0 bridgehead atoms. The number of alkyl halides is 3. The molecule has 2 aromatic rings. The monoisotopic (exact) mass is 474 g/mol. The lowest BCUT2D eigenvalue weighted by molar-refractivity contribution is -0.317. The molecule has 2 aliphatic rings. The van der Waals surface area contributed by atoms with Crippen molar-refractivity contribution in [2.75, 3.05) is 6.61 Å². The third-order valence-corrected chi connectivity index (χ3v) is 7.10. The van der Waals surface area contributed by atoms with Crippen LogP contribution in [0.15, 0.2) is 59.7 Å². The molecule has 1 heterocycles. The summed E-state index contributed by atoms with van der Waals surface area (Å²) in [4.78, 5) is 12.8. The van der Waals surface area contributed by atoms with E-state index in [-0.39, 0.29) is 28.5 Å². The number of hydrogen-bond donors (Lipinski definition) is 1. The highest BCUT2D eigenvalue weighted by Crippen LogP contribution is 2.49. The van der Waals surface area contributed by atoms with E-state index in [2.05, 4.69) is 18.9 Å². The van der Waals surface area contributed by atoms with Crippen molar-refractivity contribution in [2.45, 2.75) is 57.3 Å². The molecule has 182 valence electrons. The van der Waals surface area contributed by atoms with Gasteiger partial charge in [0.2, 0.25) is 0 Å². The van der Waals surface area contributed by atoms with Crippen LogP contribution in [-0.4, -0.2) is 40.2 Å². The number of ether oxygens (including phenoxy) is 1. The van der Waals surface area contributed by atoms with E-state index in [1.54, 1.807) is 19.1 Å². The van der Waals surface area contributed by atoms with Crippen LogP contribution in [0.2, 0.25) is 0 Å². The van der Waals surface area contributed by atoms with Crippen molar-refractivity contribution >= 4 is 11.6 Å². The van der Waals surface area contributed by atoms with Crippen molar-refractivity contribution in [1.29, 1.82) is 0 Å². The number of halogens is 3. The van der Waals surface area contributed by atoms with Gasteiger partial charge < -0.3 is 9.84 Å². The first-order chi connectivity index (χ1) is 16.0. The number of fused-ring (bicyclic) bond motifs is 1. The largest absolute Gasteiger partial charge is 0.484 e. The van der Waals surface area contributed by atoms with E-state index in [0.29, 0.717) is 18.6 Å². The first-order valence-corrected chi connectivity index (χ1v) is 11.5. The summed E-state index contributed by atoms with van der Waals surface area (Å²) in [7, 11) is 0. The van der Waals surface area contributed by atoms with Gasteiger partial charge in [-0.2, -0.15) is 23.3 Å². The number of carbonyl (C=O) groups is 1. The third kappa shape index (κ3) is 4.08. The molecule has 5 nitrogen and oxygen atoms in total. The number of aliphatic hydroxyl groups is 1. The van der Waals surface area contributed by atoms with E-state index in [1.807, 2.05) is 42.5 Å². The Hall–Kier alpha value is -2.87. The first kappa shape index (κ1) is 24.3. The summed E-state index contributed by atoms with van der Waals surface area (Å²) in [6.45, 7) is 5.28. The van der Waals surface area contributed by atoms with Crippen molar-refractivity contribution in [3.05, 3.63) is 65.7 Å². The summed E-state index contributed by atoms with van der Waals surface area (Å²) >= 11 is 0. The molecule has 1 fully saturated rings. The third-order valence-electron chi connectivity index (χ3n) is 7.10. The SMILES string of the molecule is C[C@@H]1CCC[C@@H]2C1=NN(C(=O)COc1ccc(C(C)(C)c3ccccc3)cc1)[C@@]2(O)C(F)(F)F. The summed E-state index contributed by atoms with van der Waals surface area (Å²) in [6, 6.07) is 17.1. The molecule has 34 heavy (non-hydrogen) atoms. The quantitative estimate of drug-likeness (QED) is 0.642. The summed E-state index contributed by atoms with van der Waals surface area (Å²) in [5.41, 5.74) is -1.23. The Morgan fingerprint density at radius 3 is 2.32 bits per heavy atom. The molecule has 1 amide bonds. The van der Waals surface area contributed by atoms with Gasteiger partial charge in [-0.05, 0) is 42.0 Å². The highest BCUT2D eigenvalue weighted by atomic mass is 19.4. The fraction of sp³-hybridized carbons (Fsp3) is 0.462. The molecule has 0 saturated heterocycles. The molecule has 8 heteroatoms. The molecule has 4 rings (SSSR count). The maximum atomic E-state index is 14.0. The van der Waals surface area contributed by atoms with Gasteiger partial charge in [-0.25, -0.2) is 0 Å². The molecule has 1 aliphatic heterocycles. The standard InChI is InChI=1S/C26H29F3N2O3/c1-17-8-7-11-21-23(17)30-31(25(21,33)26(27,28)29)22(32)16-34-20-14-12-19(13-15-20)24(2,3)18-9-5-4-6-10-18/h4-6,9-10,12-15,17,21,33H,7-8,11,16H2,1-3H3/t17-,21-,25+/m1/s1. The predicted octanol–water partition coefficient (Wildman–Crippen LogP) is 5.28. The minimum atomic E-state index is -5.04. The number of rotatable bonds is 5. The number of hydrogen-bond acceptors (Lipinski definition) is 4. The van der Waals surface area contributed by atoms with Crippen LogP contribution >= 0.6 is 0 Å². The van der Waals surface area contributed by atoms with E-state index < -0.39 is 30.3 Å². The van der Waals surface area contributed by atoms with Gasteiger partial charge in [0.25, 0.3) is 11.6 Å². The van der Waals surface area contributed by atoms with Crippen LogP contribution in [0.25, 0.3) is 0 Å². The molecule has 3 atom stereocenters. The van der Waals surface area contributed by atoms with Crippen molar-refractivity contribution in [3.8, 4) is 5.75 Å². The van der Waals surface area contributed by atoms with E-state index in [9.17, 15) is 23.1 Å². The van der Waals surface area contributed by atoms with E-state index >= 15 is 0 Å². The van der Waals surface area contributed by atoms with Gasteiger partial charge in [0.05, 0.1) is 5.92 Å².